The van der Waals surface area contributed by atoms with Crippen LogP contribution in [0.25, 0.3) is 0 Å². The van der Waals surface area contributed by atoms with Gasteiger partial charge in [0.15, 0.2) is 0 Å². The molecular weight excluding hydrogens is 226 g/mol. The van der Waals surface area contributed by atoms with E-state index in [0.717, 1.165) is 5.75 Å². The fourth-order valence-corrected chi connectivity index (χ4v) is 3.00. The monoisotopic (exact) mass is 245 g/mol. The molecule has 1 aliphatic heterocycles. The molecular formula is C11H19NO3S. The Morgan fingerprint density at radius 2 is 2.06 bits per heavy atom. The number of rotatable bonds is 3. The zero-order valence-electron chi connectivity index (χ0n) is 10.0. The van der Waals surface area contributed by atoms with E-state index in [4.69, 9.17) is 0 Å². The van der Waals surface area contributed by atoms with Crippen LogP contribution in [-0.4, -0.2) is 34.0 Å². The van der Waals surface area contributed by atoms with Crippen molar-refractivity contribution < 1.29 is 14.7 Å². The van der Waals surface area contributed by atoms with E-state index in [2.05, 4.69) is 5.32 Å². The predicted molar refractivity (Wildman–Crippen MR) is 64.5 cm³/mol. The van der Waals surface area contributed by atoms with Crippen molar-refractivity contribution in [1.82, 2.24) is 5.32 Å². The fraction of sp³-hybridized carbons (Fsp3) is 0.818. The molecule has 1 atom stereocenters. The maximum Gasteiger partial charge on any atom is 0.330 e. The topological polar surface area (TPSA) is 66.4 Å². The first kappa shape index (κ1) is 13.4. The smallest absolute Gasteiger partial charge is 0.330 e. The van der Waals surface area contributed by atoms with Crippen LogP contribution in [0.2, 0.25) is 0 Å². The summed E-state index contributed by atoms with van der Waals surface area (Å²) in [6.07, 6.45) is 0.871. The SMILES string of the molecule is CC(C)(C)CC(=O)NC1(C(=O)O)CCSC1. The molecule has 2 N–H and O–H groups in total. The van der Waals surface area contributed by atoms with Crippen LogP contribution < -0.4 is 5.32 Å². The molecule has 0 aromatic rings. The quantitative estimate of drug-likeness (QED) is 0.790. The summed E-state index contributed by atoms with van der Waals surface area (Å²) in [5, 5.41) is 11.9. The molecule has 1 saturated heterocycles. The highest BCUT2D eigenvalue weighted by molar-refractivity contribution is 7.99. The number of carbonyl (C=O) groups excluding carboxylic acids is 1. The Hall–Kier alpha value is -0.710. The molecule has 0 aliphatic carbocycles. The van der Waals surface area contributed by atoms with Gasteiger partial charge in [-0.1, -0.05) is 20.8 Å². The van der Waals surface area contributed by atoms with Crippen molar-refractivity contribution >= 4 is 23.6 Å². The van der Waals surface area contributed by atoms with Gasteiger partial charge in [-0.15, -0.1) is 0 Å². The largest absolute Gasteiger partial charge is 0.479 e. The van der Waals surface area contributed by atoms with Crippen LogP contribution >= 0.6 is 11.8 Å². The summed E-state index contributed by atoms with van der Waals surface area (Å²) in [7, 11) is 0. The van der Waals surface area contributed by atoms with Gasteiger partial charge in [-0.25, -0.2) is 4.79 Å². The van der Waals surface area contributed by atoms with Crippen LogP contribution in [0, 0.1) is 5.41 Å². The van der Waals surface area contributed by atoms with Gasteiger partial charge in [-0.2, -0.15) is 11.8 Å². The van der Waals surface area contributed by atoms with Gasteiger partial charge in [-0.05, 0) is 17.6 Å². The van der Waals surface area contributed by atoms with Crippen LogP contribution in [0.4, 0.5) is 0 Å². The summed E-state index contributed by atoms with van der Waals surface area (Å²) in [6, 6.07) is 0. The van der Waals surface area contributed by atoms with Gasteiger partial charge in [0.05, 0.1) is 0 Å². The predicted octanol–water partition coefficient (Wildman–Crippen LogP) is 1.50. The summed E-state index contributed by atoms with van der Waals surface area (Å²) in [5.41, 5.74) is -1.15. The summed E-state index contributed by atoms with van der Waals surface area (Å²) in [5.74, 6) is 0.178. The Morgan fingerprint density at radius 1 is 1.44 bits per heavy atom. The van der Waals surface area contributed by atoms with Crippen molar-refractivity contribution in [2.45, 2.75) is 39.2 Å². The Morgan fingerprint density at radius 3 is 2.44 bits per heavy atom. The first-order valence-corrected chi connectivity index (χ1v) is 6.53. The summed E-state index contributed by atoms with van der Waals surface area (Å²) >= 11 is 1.57. The van der Waals surface area contributed by atoms with Crippen LogP contribution in [-0.2, 0) is 9.59 Å². The number of hydrogen-bond acceptors (Lipinski definition) is 3. The Labute approximate surface area is 100 Å². The minimum Gasteiger partial charge on any atom is -0.479 e. The molecule has 0 spiro atoms. The second kappa shape index (κ2) is 4.65. The summed E-state index contributed by atoms with van der Waals surface area (Å²) in [6.45, 7) is 5.89. The second-order valence-electron chi connectivity index (χ2n) is 5.48. The molecule has 0 aromatic carbocycles. The highest BCUT2D eigenvalue weighted by Gasteiger charge is 2.43. The highest BCUT2D eigenvalue weighted by atomic mass is 32.2. The first-order chi connectivity index (χ1) is 7.25. The highest BCUT2D eigenvalue weighted by Crippen LogP contribution is 2.29. The number of carboxylic acids is 1. The average Bonchev–Trinajstić information content (AvgIpc) is 2.49. The number of nitrogens with one attached hydrogen (secondary N) is 1. The van der Waals surface area contributed by atoms with Gasteiger partial charge < -0.3 is 10.4 Å². The third-order valence-electron chi connectivity index (χ3n) is 2.50. The van der Waals surface area contributed by atoms with E-state index in [-0.39, 0.29) is 11.3 Å². The fourth-order valence-electron chi connectivity index (χ4n) is 1.68. The van der Waals surface area contributed by atoms with E-state index in [1.807, 2.05) is 20.8 Å². The lowest BCUT2D eigenvalue weighted by Gasteiger charge is -2.26. The second-order valence-corrected chi connectivity index (χ2v) is 6.58. The number of thioether (sulfide) groups is 1. The number of carbonyl (C=O) groups is 2. The molecule has 0 radical (unpaired) electrons. The number of hydrogen-bond donors (Lipinski definition) is 2. The number of carboxylic acid groups (broad SMARTS) is 1. The van der Waals surface area contributed by atoms with E-state index >= 15 is 0 Å². The first-order valence-electron chi connectivity index (χ1n) is 5.37. The molecule has 5 heteroatoms. The molecule has 0 saturated carbocycles. The van der Waals surface area contributed by atoms with Gasteiger partial charge in [-0.3, -0.25) is 4.79 Å². The zero-order valence-corrected chi connectivity index (χ0v) is 10.8. The van der Waals surface area contributed by atoms with E-state index in [1.54, 1.807) is 11.8 Å². The van der Waals surface area contributed by atoms with Gasteiger partial charge >= 0.3 is 5.97 Å². The van der Waals surface area contributed by atoms with Gasteiger partial charge in [0.1, 0.15) is 5.54 Å². The van der Waals surface area contributed by atoms with Crippen LogP contribution in [0.5, 0.6) is 0 Å². The van der Waals surface area contributed by atoms with E-state index in [9.17, 15) is 14.7 Å². The normalized spacial score (nSPS) is 25.4. The van der Waals surface area contributed by atoms with Crippen LogP contribution in [0.3, 0.4) is 0 Å². The van der Waals surface area contributed by atoms with Crippen molar-refractivity contribution in [2.24, 2.45) is 5.41 Å². The van der Waals surface area contributed by atoms with Gasteiger partial charge in [0.25, 0.3) is 0 Å². The summed E-state index contributed by atoms with van der Waals surface area (Å²) in [4.78, 5) is 22.9. The van der Waals surface area contributed by atoms with Crippen LogP contribution in [0.1, 0.15) is 33.6 Å². The minimum atomic E-state index is -1.03. The molecule has 1 rings (SSSR count). The van der Waals surface area contributed by atoms with Crippen LogP contribution in [0.15, 0.2) is 0 Å². The molecule has 0 bridgehead atoms. The minimum absolute atomic E-state index is 0.116. The van der Waals surface area contributed by atoms with E-state index in [1.165, 1.54) is 0 Å². The lowest BCUT2D eigenvalue weighted by molar-refractivity contribution is -0.146. The summed E-state index contributed by atoms with van der Waals surface area (Å²) < 4.78 is 0. The molecule has 1 aliphatic rings. The molecule has 1 amide bonds. The lowest BCUT2D eigenvalue weighted by atomic mass is 9.90. The molecule has 4 nitrogen and oxygen atoms in total. The molecule has 16 heavy (non-hydrogen) atoms. The van der Waals surface area contributed by atoms with Crippen molar-refractivity contribution in [1.29, 1.82) is 0 Å². The van der Waals surface area contributed by atoms with Gasteiger partial charge in [0, 0.05) is 12.2 Å². The molecule has 92 valence electrons. The third-order valence-corrected chi connectivity index (χ3v) is 3.69. The number of aliphatic carboxylic acids is 1. The van der Waals surface area contributed by atoms with Crippen molar-refractivity contribution in [2.75, 3.05) is 11.5 Å². The number of amides is 1. The Balaban J connectivity index is 2.63. The lowest BCUT2D eigenvalue weighted by Crippen LogP contribution is -2.55. The molecule has 1 fully saturated rings. The van der Waals surface area contributed by atoms with E-state index in [0.29, 0.717) is 18.6 Å². The standard InChI is InChI=1S/C11H19NO3S/c1-10(2,3)6-8(13)12-11(9(14)15)4-5-16-7-11/h4-7H2,1-3H3,(H,12,13)(H,14,15). The van der Waals surface area contributed by atoms with Crippen molar-refractivity contribution in [3.8, 4) is 0 Å². The average molecular weight is 245 g/mol. The molecule has 1 unspecified atom stereocenters. The van der Waals surface area contributed by atoms with Gasteiger partial charge in [0.2, 0.25) is 5.91 Å². The molecule has 0 aromatic heterocycles. The maximum atomic E-state index is 11.7. The maximum absolute atomic E-state index is 11.7. The zero-order chi connectivity index (χ0) is 12.4. The molecule has 1 heterocycles. The Bertz CT molecular complexity index is 290. The van der Waals surface area contributed by atoms with Crippen molar-refractivity contribution in [3.63, 3.8) is 0 Å². The third kappa shape index (κ3) is 3.40. The van der Waals surface area contributed by atoms with E-state index < -0.39 is 11.5 Å². The van der Waals surface area contributed by atoms with Crippen molar-refractivity contribution in [3.05, 3.63) is 0 Å². The Kier molecular flexibility index (Phi) is 3.88.